The number of anilines is 1. The SMILES string of the molecule is CSCCN(C)c1ccnc(CCl)c1. The number of alkyl halides is 1. The first-order valence-electron chi connectivity index (χ1n) is 4.49. The molecule has 0 aliphatic carbocycles. The summed E-state index contributed by atoms with van der Waals surface area (Å²) in [7, 11) is 2.09. The Labute approximate surface area is 94.7 Å². The van der Waals surface area contributed by atoms with Crippen LogP contribution >= 0.6 is 23.4 Å². The van der Waals surface area contributed by atoms with E-state index in [1.807, 2.05) is 30.1 Å². The summed E-state index contributed by atoms with van der Waals surface area (Å²) in [6.07, 6.45) is 3.92. The quantitative estimate of drug-likeness (QED) is 0.724. The summed E-state index contributed by atoms with van der Waals surface area (Å²) in [5.74, 6) is 1.61. The van der Waals surface area contributed by atoms with Crippen LogP contribution in [0.3, 0.4) is 0 Å². The van der Waals surface area contributed by atoms with Gasteiger partial charge in [-0.15, -0.1) is 11.6 Å². The van der Waals surface area contributed by atoms with Crippen molar-refractivity contribution in [1.82, 2.24) is 4.98 Å². The molecule has 1 aromatic rings. The first-order chi connectivity index (χ1) is 6.77. The molecule has 0 amide bonds. The van der Waals surface area contributed by atoms with Gasteiger partial charge in [0.2, 0.25) is 0 Å². The average molecular weight is 231 g/mol. The van der Waals surface area contributed by atoms with Crippen LogP contribution in [0.25, 0.3) is 0 Å². The summed E-state index contributed by atoms with van der Waals surface area (Å²) in [5.41, 5.74) is 2.12. The van der Waals surface area contributed by atoms with E-state index in [0.717, 1.165) is 18.0 Å². The minimum atomic E-state index is 0.476. The number of hydrogen-bond donors (Lipinski definition) is 0. The molecule has 4 heteroatoms. The van der Waals surface area contributed by atoms with Crippen molar-refractivity contribution in [1.29, 1.82) is 0 Å². The molecule has 78 valence electrons. The molecule has 0 radical (unpaired) electrons. The molecule has 0 saturated heterocycles. The lowest BCUT2D eigenvalue weighted by atomic mass is 10.3. The van der Waals surface area contributed by atoms with Crippen LogP contribution in [0.4, 0.5) is 5.69 Å². The van der Waals surface area contributed by atoms with E-state index in [9.17, 15) is 0 Å². The van der Waals surface area contributed by atoms with Gasteiger partial charge in [-0.1, -0.05) is 0 Å². The van der Waals surface area contributed by atoms with E-state index in [1.165, 1.54) is 5.69 Å². The Kier molecular flexibility index (Phi) is 5.12. The molecular formula is C10H15ClN2S. The monoisotopic (exact) mass is 230 g/mol. The van der Waals surface area contributed by atoms with Crippen molar-refractivity contribution in [2.75, 3.05) is 30.5 Å². The summed E-state index contributed by atoms with van der Waals surface area (Å²) in [6, 6.07) is 4.05. The van der Waals surface area contributed by atoms with Crippen molar-refractivity contribution in [3.63, 3.8) is 0 Å². The first kappa shape index (κ1) is 11.7. The number of halogens is 1. The lowest BCUT2D eigenvalue weighted by molar-refractivity contribution is 0.969. The predicted molar refractivity (Wildman–Crippen MR) is 65.4 cm³/mol. The molecular weight excluding hydrogens is 216 g/mol. The topological polar surface area (TPSA) is 16.1 Å². The fraction of sp³-hybridized carbons (Fsp3) is 0.500. The molecule has 0 N–H and O–H groups in total. The van der Waals surface area contributed by atoms with Crippen LogP contribution in [0.5, 0.6) is 0 Å². The zero-order valence-electron chi connectivity index (χ0n) is 8.53. The zero-order valence-corrected chi connectivity index (χ0v) is 10.1. The average Bonchev–Trinajstić information content (AvgIpc) is 2.26. The summed E-state index contributed by atoms with van der Waals surface area (Å²) in [6.45, 7) is 1.05. The molecule has 0 saturated carbocycles. The third kappa shape index (κ3) is 3.39. The minimum absolute atomic E-state index is 0.476. The molecule has 2 nitrogen and oxygen atoms in total. The van der Waals surface area contributed by atoms with E-state index in [0.29, 0.717) is 5.88 Å². The van der Waals surface area contributed by atoms with Crippen LogP contribution in [0, 0.1) is 0 Å². The third-order valence-electron chi connectivity index (χ3n) is 2.01. The molecule has 14 heavy (non-hydrogen) atoms. The Balaban J connectivity index is 2.64. The highest BCUT2D eigenvalue weighted by Gasteiger charge is 2.01. The Morgan fingerprint density at radius 3 is 3.00 bits per heavy atom. The number of thioether (sulfide) groups is 1. The van der Waals surface area contributed by atoms with E-state index >= 15 is 0 Å². The molecule has 1 heterocycles. The van der Waals surface area contributed by atoms with E-state index in [2.05, 4.69) is 23.2 Å². The van der Waals surface area contributed by atoms with Gasteiger partial charge in [0.05, 0.1) is 11.6 Å². The number of aromatic nitrogens is 1. The largest absolute Gasteiger partial charge is 0.374 e. The Morgan fingerprint density at radius 2 is 2.36 bits per heavy atom. The second-order valence-corrected chi connectivity index (χ2v) is 4.31. The zero-order chi connectivity index (χ0) is 10.4. The maximum Gasteiger partial charge on any atom is 0.0648 e. The van der Waals surface area contributed by atoms with Crippen molar-refractivity contribution in [2.45, 2.75) is 5.88 Å². The van der Waals surface area contributed by atoms with Gasteiger partial charge < -0.3 is 4.90 Å². The predicted octanol–water partition coefficient (Wildman–Crippen LogP) is 2.62. The molecule has 0 spiro atoms. The van der Waals surface area contributed by atoms with Gasteiger partial charge in [-0.3, -0.25) is 4.98 Å². The Hall–Kier alpha value is -0.410. The normalized spacial score (nSPS) is 10.2. The van der Waals surface area contributed by atoms with Gasteiger partial charge in [0, 0.05) is 31.2 Å². The van der Waals surface area contributed by atoms with E-state index in [1.54, 1.807) is 0 Å². The maximum atomic E-state index is 5.72. The first-order valence-corrected chi connectivity index (χ1v) is 6.41. The summed E-state index contributed by atoms with van der Waals surface area (Å²) >= 11 is 7.57. The van der Waals surface area contributed by atoms with Crippen LogP contribution in [0.1, 0.15) is 5.69 Å². The standard InChI is InChI=1S/C10H15ClN2S/c1-13(5-6-14-2)10-3-4-12-9(7-10)8-11/h3-4,7H,5-6,8H2,1-2H3. The van der Waals surface area contributed by atoms with E-state index in [-0.39, 0.29) is 0 Å². The molecule has 1 rings (SSSR count). The van der Waals surface area contributed by atoms with Gasteiger partial charge in [-0.25, -0.2) is 0 Å². The lowest BCUT2D eigenvalue weighted by Crippen LogP contribution is -2.20. The smallest absolute Gasteiger partial charge is 0.0648 e. The Bertz CT molecular complexity index is 281. The van der Waals surface area contributed by atoms with Crippen LogP contribution in [0.2, 0.25) is 0 Å². The van der Waals surface area contributed by atoms with Gasteiger partial charge >= 0.3 is 0 Å². The molecule has 0 aromatic carbocycles. The van der Waals surface area contributed by atoms with Gasteiger partial charge in [-0.05, 0) is 18.4 Å². The third-order valence-corrected chi connectivity index (χ3v) is 2.87. The molecule has 0 fully saturated rings. The van der Waals surface area contributed by atoms with Gasteiger partial charge in [0.15, 0.2) is 0 Å². The van der Waals surface area contributed by atoms with Gasteiger partial charge in [-0.2, -0.15) is 11.8 Å². The van der Waals surface area contributed by atoms with Gasteiger partial charge in [0.1, 0.15) is 0 Å². The lowest BCUT2D eigenvalue weighted by Gasteiger charge is -2.18. The highest BCUT2D eigenvalue weighted by molar-refractivity contribution is 7.98. The number of hydrogen-bond acceptors (Lipinski definition) is 3. The van der Waals surface area contributed by atoms with Crippen molar-refractivity contribution in [3.05, 3.63) is 24.0 Å². The maximum absolute atomic E-state index is 5.72. The molecule has 1 aromatic heterocycles. The highest BCUT2D eigenvalue weighted by Crippen LogP contribution is 2.14. The summed E-state index contributed by atoms with van der Waals surface area (Å²) in [5, 5.41) is 0. The number of rotatable bonds is 5. The highest BCUT2D eigenvalue weighted by atomic mass is 35.5. The van der Waals surface area contributed by atoms with Crippen LogP contribution in [-0.2, 0) is 5.88 Å². The van der Waals surface area contributed by atoms with Crippen LogP contribution in [-0.4, -0.2) is 30.6 Å². The second-order valence-electron chi connectivity index (χ2n) is 3.05. The number of pyridine rings is 1. The molecule has 0 aliphatic heterocycles. The Morgan fingerprint density at radius 1 is 1.57 bits per heavy atom. The molecule has 0 atom stereocenters. The van der Waals surface area contributed by atoms with Crippen LogP contribution < -0.4 is 4.90 Å². The fourth-order valence-electron chi connectivity index (χ4n) is 1.13. The van der Waals surface area contributed by atoms with Crippen molar-refractivity contribution >= 4 is 29.1 Å². The van der Waals surface area contributed by atoms with Crippen molar-refractivity contribution in [2.24, 2.45) is 0 Å². The number of nitrogens with zero attached hydrogens (tertiary/aromatic N) is 2. The summed E-state index contributed by atoms with van der Waals surface area (Å²) < 4.78 is 0. The van der Waals surface area contributed by atoms with Crippen molar-refractivity contribution < 1.29 is 0 Å². The molecule has 0 unspecified atom stereocenters. The van der Waals surface area contributed by atoms with Crippen molar-refractivity contribution in [3.8, 4) is 0 Å². The molecule has 0 aliphatic rings. The van der Waals surface area contributed by atoms with Gasteiger partial charge in [0.25, 0.3) is 0 Å². The minimum Gasteiger partial charge on any atom is -0.374 e. The van der Waals surface area contributed by atoms with E-state index < -0.39 is 0 Å². The fourth-order valence-corrected chi connectivity index (χ4v) is 1.74. The molecule has 0 bridgehead atoms. The van der Waals surface area contributed by atoms with E-state index in [4.69, 9.17) is 11.6 Å². The van der Waals surface area contributed by atoms with Crippen LogP contribution in [0.15, 0.2) is 18.3 Å². The second kappa shape index (κ2) is 6.14. The summed E-state index contributed by atoms with van der Waals surface area (Å²) in [4.78, 5) is 6.37.